The van der Waals surface area contributed by atoms with Crippen LogP contribution in [0.5, 0.6) is 0 Å². The fourth-order valence-corrected chi connectivity index (χ4v) is 3.32. The largest absolute Gasteiger partial charge is 0.381 e. The summed E-state index contributed by atoms with van der Waals surface area (Å²) in [6.45, 7) is 5.65. The number of nitrogens with one attached hydrogen (secondary N) is 1. The van der Waals surface area contributed by atoms with Crippen molar-refractivity contribution in [1.29, 1.82) is 0 Å². The summed E-state index contributed by atoms with van der Waals surface area (Å²) in [5.74, 6) is 0.542. The third kappa shape index (κ3) is 3.95. The Kier molecular flexibility index (Phi) is 5.03. The minimum absolute atomic E-state index is 0.0152. The summed E-state index contributed by atoms with van der Waals surface area (Å²) in [6, 6.07) is 8.34. The summed E-state index contributed by atoms with van der Waals surface area (Å²) in [4.78, 5) is 12.2. The van der Waals surface area contributed by atoms with Crippen LogP contribution in [0.15, 0.2) is 24.3 Å². The Balaban J connectivity index is 1.66. The smallest absolute Gasteiger partial charge is 0.229 e. The van der Waals surface area contributed by atoms with Crippen LogP contribution in [0.25, 0.3) is 10.6 Å². The first-order valence-corrected chi connectivity index (χ1v) is 8.77. The van der Waals surface area contributed by atoms with Gasteiger partial charge in [0.05, 0.1) is 0 Å². The average molecular weight is 331 g/mol. The van der Waals surface area contributed by atoms with E-state index in [1.807, 2.05) is 0 Å². The van der Waals surface area contributed by atoms with Gasteiger partial charge in [0, 0.05) is 24.7 Å². The van der Waals surface area contributed by atoms with Crippen LogP contribution in [0.3, 0.4) is 0 Å². The normalized spacial score (nSPS) is 15.8. The van der Waals surface area contributed by atoms with E-state index in [2.05, 4.69) is 53.6 Å². The maximum Gasteiger partial charge on any atom is 0.229 e. The van der Waals surface area contributed by atoms with E-state index in [4.69, 9.17) is 4.74 Å². The molecule has 0 atom stereocenters. The third-order valence-electron chi connectivity index (χ3n) is 4.07. The van der Waals surface area contributed by atoms with Gasteiger partial charge < -0.3 is 10.1 Å². The minimum atomic E-state index is 0.0152. The Morgan fingerprint density at radius 3 is 2.57 bits per heavy atom. The number of anilines is 1. The van der Waals surface area contributed by atoms with Crippen LogP contribution < -0.4 is 5.32 Å². The molecule has 1 fully saturated rings. The van der Waals surface area contributed by atoms with E-state index in [0.717, 1.165) is 23.4 Å². The first-order valence-electron chi connectivity index (χ1n) is 7.96. The molecule has 5 nitrogen and oxygen atoms in total. The zero-order valence-electron chi connectivity index (χ0n) is 13.4. The van der Waals surface area contributed by atoms with Crippen LogP contribution in [0.1, 0.15) is 38.2 Å². The second-order valence-corrected chi connectivity index (χ2v) is 7.04. The van der Waals surface area contributed by atoms with Gasteiger partial charge in [-0.15, -0.1) is 10.2 Å². The molecular weight excluding hydrogens is 310 g/mol. The molecule has 1 aliphatic rings. The minimum Gasteiger partial charge on any atom is -0.381 e. The zero-order chi connectivity index (χ0) is 16.2. The van der Waals surface area contributed by atoms with E-state index in [-0.39, 0.29) is 11.8 Å². The summed E-state index contributed by atoms with van der Waals surface area (Å²) in [5, 5.41) is 12.5. The summed E-state index contributed by atoms with van der Waals surface area (Å²) >= 11 is 1.41. The van der Waals surface area contributed by atoms with Gasteiger partial charge in [-0.25, -0.2) is 0 Å². The first-order chi connectivity index (χ1) is 11.1. The molecule has 122 valence electrons. The standard InChI is InChI=1S/C17H21N3O2S/c1-11(2)12-3-5-14(6-4-12)16-19-20-17(23-16)18-15(21)13-7-9-22-10-8-13/h3-6,11,13H,7-10H2,1-2H3,(H,18,20,21). The molecule has 2 aromatic rings. The monoisotopic (exact) mass is 331 g/mol. The molecule has 0 saturated carbocycles. The van der Waals surface area contributed by atoms with Crippen LogP contribution in [-0.2, 0) is 9.53 Å². The molecule has 0 unspecified atom stereocenters. The summed E-state index contributed by atoms with van der Waals surface area (Å²) in [7, 11) is 0. The molecule has 2 heterocycles. The fourth-order valence-electron chi connectivity index (χ4n) is 2.57. The van der Waals surface area contributed by atoms with Gasteiger partial charge in [-0.2, -0.15) is 0 Å². The molecule has 1 saturated heterocycles. The highest BCUT2D eigenvalue weighted by atomic mass is 32.1. The number of carbonyl (C=O) groups excluding carboxylic acids is 1. The van der Waals surface area contributed by atoms with E-state index in [0.29, 0.717) is 24.3 Å². The summed E-state index contributed by atoms with van der Waals surface area (Å²) < 4.78 is 5.28. The Morgan fingerprint density at radius 1 is 1.22 bits per heavy atom. The van der Waals surface area contributed by atoms with Crippen LogP contribution >= 0.6 is 11.3 Å². The van der Waals surface area contributed by atoms with Crippen molar-refractivity contribution < 1.29 is 9.53 Å². The van der Waals surface area contributed by atoms with E-state index in [9.17, 15) is 4.79 Å². The number of rotatable bonds is 4. The van der Waals surface area contributed by atoms with Gasteiger partial charge in [-0.3, -0.25) is 4.79 Å². The highest BCUT2D eigenvalue weighted by Gasteiger charge is 2.22. The van der Waals surface area contributed by atoms with Gasteiger partial charge in [0.1, 0.15) is 5.01 Å². The number of aromatic nitrogens is 2. The third-order valence-corrected chi connectivity index (χ3v) is 4.96. The number of carbonyl (C=O) groups is 1. The van der Waals surface area contributed by atoms with Crippen LogP contribution in [0, 0.1) is 5.92 Å². The van der Waals surface area contributed by atoms with Crippen LogP contribution in [-0.4, -0.2) is 29.3 Å². The predicted octanol–water partition coefficient (Wildman–Crippen LogP) is 3.69. The SMILES string of the molecule is CC(C)c1ccc(-c2nnc(NC(=O)C3CCOCC3)s2)cc1. The van der Waals surface area contributed by atoms with Gasteiger partial charge in [-0.05, 0) is 24.3 Å². The number of benzene rings is 1. The van der Waals surface area contributed by atoms with Gasteiger partial charge >= 0.3 is 0 Å². The molecule has 0 spiro atoms. The van der Waals surface area contributed by atoms with Crippen LogP contribution in [0.4, 0.5) is 5.13 Å². The highest BCUT2D eigenvalue weighted by Crippen LogP contribution is 2.28. The topological polar surface area (TPSA) is 64.1 Å². The Labute approximate surface area is 140 Å². The van der Waals surface area contributed by atoms with E-state index in [1.54, 1.807) is 0 Å². The summed E-state index contributed by atoms with van der Waals surface area (Å²) in [5.41, 5.74) is 2.32. The Hall–Kier alpha value is -1.79. The maximum absolute atomic E-state index is 12.2. The van der Waals surface area contributed by atoms with Crippen molar-refractivity contribution in [3.8, 4) is 10.6 Å². The molecule has 6 heteroatoms. The Bertz CT molecular complexity index is 661. The van der Waals surface area contributed by atoms with E-state index >= 15 is 0 Å². The molecule has 0 bridgehead atoms. The van der Waals surface area contributed by atoms with E-state index in [1.165, 1.54) is 16.9 Å². The van der Waals surface area contributed by atoms with Gasteiger partial charge in [0.2, 0.25) is 11.0 Å². The van der Waals surface area contributed by atoms with Crippen molar-refractivity contribution in [2.45, 2.75) is 32.6 Å². The van der Waals surface area contributed by atoms with Crippen LogP contribution in [0.2, 0.25) is 0 Å². The van der Waals surface area contributed by atoms with Gasteiger partial charge in [-0.1, -0.05) is 49.4 Å². The van der Waals surface area contributed by atoms with Crippen molar-refractivity contribution in [3.05, 3.63) is 29.8 Å². The quantitative estimate of drug-likeness (QED) is 0.928. The molecule has 1 aliphatic heterocycles. The maximum atomic E-state index is 12.2. The predicted molar refractivity (Wildman–Crippen MR) is 91.6 cm³/mol. The molecule has 3 rings (SSSR count). The second-order valence-electron chi connectivity index (χ2n) is 6.06. The van der Waals surface area contributed by atoms with Gasteiger partial charge in [0.25, 0.3) is 0 Å². The second kappa shape index (κ2) is 7.19. The number of hydrogen-bond acceptors (Lipinski definition) is 5. The molecule has 0 radical (unpaired) electrons. The molecule has 1 aromatic carbocycles. The lowest BCUT2D eigenvalue weighted by Crippen LogP contribution is -2.28. The van der Waals surface area contributed by atoms with Gasteiger partial charge in [0.15, 0.2) is 0 Å². The number of amides is 1. The zero-order valence-corrected chi connectivity index (χ0v) is 14.2. The lowest BCUT2D eigenvalue weighted by Gasteiger charge is -2.20. The summed E-state index contributed by atoms with van der Waals surface area (Å²) in [6.07, 6.45) is 1.54. The highest BCUT2D eigenvalue weighted by molar-refractivity contribution is 7.18. The number of ether oxygens (including phenoxy) is 1. The Morgan fingerprint density at radius 2 is 1.91 bits per heavy atom. The molecule has 23 heavy (non-hydrogen) atoms. The number of nitrogens with zero attached hydrogens (tertiary/aromatic N) is 2. The van der Waals surface area contributed by atoms with Crippen molar-refractivity contribution >= 4 is 22.4 Å². The average Bonchev–Trinajstić information content (AvgIpc) is 3.04. The van der Waals surface area contributed by atoms with Crippen molar-refractivity contribution in [1.82, 2.24) is 10.2 Å². The lowest BCUT2D eigenvalue weighted by molar-refractivity contribution is -0.122. The molecule has 1 aromatic heterocycles. The lowest BCUT2D eigenvalue weighted by atomic mass is 10.00. The number of hydrogen-bond donors (Lipinski definition) is 1. The van der Waals surface area contributed by atoms with Crippen molar-refractivity contribution in [2.75, 3.05) is 18.5 Å². The van der Waals surface area contributed by atoms with Crippen molar-refractivity contribution in [2.24, 2.45) is 5.92 Å². The first kappa shape index (κ1) is 16.1. The molecule has 0 aliphatic carbocycles. The fraction of sp³-hybridized carbons (Fsp3) is 0.471. The molecular formula is C17H21N3O2S. The van der Waals surface area contributed by atoms with E-state index < -0.39 is 0 Å². The molecule has 1 amide bonds. The van der Waals surface area contributed by atoms with Crippen molar-refractivity contribution in [3.63, 3.8) is 0 Å². The molecule has 1 N–H and O–H groups in total.